The molecule has 1 saturated heterocycles. The maximum Gasteiger partial charge on any atom is 0.225 e. The van der Waals surface area contributed by atoms with E-state index < -0.39 is 0 Å². The molecule has 2 atom stereocenters. The lowest BCUT2D eigenvalue weighted by atomic mass is 10.2. The minimum absolute atomic E-state index is 0.586. The van der Waals surface area contributed by atoms with Crippen LogP contribution in [0.15, 0.2) is 18.5 Å². The van der Waals surface area contributed by atoms with Gasteiger partial charge in [-0.3, -0.25) is 4.90 Å². The summed E-state index contributed by atoms with van der Waals surface area (Å²) >= 11 is 0. The number of nitrogens with one attached hydrogen (secondary N) is 1. The molecular formula is C15H27N5. The highest BCUT2D eigenvalue weighted by Gasteiger charge is 2.22. The van der Waals surface area contributed by atoms with Crippen LogP contribution < -0.4 is 10.2 Å². The Kier molecular flexibility index (Phi) is 5.73. The molecule has 0 radical (unpaired) electrons. The quantitative estimate of drug-likeness (QED) is 0.851. The van der Waals surface area contributed by atoms with Crippen LogP contribution in [0.4, 0.5) is 5.95 Å². The molecule has 1 aliphatic heterocycles. The molecule has 5 nitrogen and oxygen atoms in total. The Bertz CT molecular complexity index is 375. The van der Waals surface area contributed by atoms with E-state index in [1.807, 2.05) is 18.5 Å². The summed E-state index contributed by atoms with van der Waals surface area (Å²) in [5, 5.41) is 3.59. The van der Waals surface area contributed by atoms with Gasteiger partial charge in [0, 0.05) is 57.2 Å². The number of nitrogens with zero attached hydrogens (tertiary/aromatic N) is 4. The Hall–Kier alpha value is -1.20. The van der Waals surface area contributed by atoms with Crippen LogP contribution in [-0.2, 0) is 0 Å². The predicted octanol–water partition coefficient (Wildman–Crippen LogP) is 1.38. The summed E-state index contributed by atoms with van der Waals surface area (Å²) < 4.78 is 0. The van der Waals surface area contributed by atoms with Gasteiger partial charge in [0.1, 0.15) is 0 Å². The third-order valence-electron chi connectivity index (χ3n) is 4.15. The van der Waals surface area contributed by atoms with Gasteiger partial charge in [-0.2, -0.15) is 0 Å². The van der Waals surface area contributed by atoms with Crippen LogP contribution >= 0.6 is 0 Å². The highest BCUT2D eigenvalue weighted by molar-refractivity contribution is 5.29. The average Bonchev–Trinajstić information content (AvgIpc) is 2.53. The molecule has 0 amide bonds. The molecule has 0 saturated carbocycles. The summed E-state index contributed by atoms with van der Waals surface area (Å²) in [5.41, 5.74) is 0. The molecule has 0 aromatic carbocycles. The van der Waals surface area contributed by atoms with Crippen LogP contribution in [0.1, 0.15) is 27.2 Å². The Morgan fingerprint density at radius 2 is 1.80 bits per heavy atom. The van der Waals surface area contributed by atoms with Crippen molar-refractivity contribution < 1.29 is 0 Å². The lowest BCUT2D eigenvalue weighted by Gasteiger charge is -2.38. The van der Waals surface area contributed by atoms with Crippen LogP contribution in [0.5, 0.6) is 0 Å². The van der Waals surface area contributed by atoms with E-state index in [2.05, 4.69) is 45.9 Å². The molecule has 0 spiro atoms. The van der Waals surface area contributed by atoms with Gasteiger partial charge >= 0.3 is 0 Å². The van der Waals surface area contributed by atoms with E-state index in [-0.39, 0.29) is 0 Å². The number of aromatic nitrogens is 2. The van der Waals surface area contributed by atoms with Gasteiger partial charge in [0.15, 0.2) is 0 Å². The molecule has 0 aliphatic carbocycles. The normalized spacial score (nSPS) is 19.9. The zero-order chi connectivity index (χ0) is 14.4. The van der Waals surface area contributed by atoms with Crippen LogP contribution in [0.3, 0.4) is 0 Å². The van der Waals surface area contributed by atoms with E-state index in [1.165, 1.54) is 6.42 Å². The molecule has 1 N–H and O–H groups in total. The van der Waals surface area contributed by atoms with Gasteiger partial charge in [-0.25, -0.2) is 9.97 Å². The van der Waals surface area contributed by atoms with Crippen molar-refractivity contribution in [2.75, 3.05) is 37.6 Å². The SMILES string of the molecule is CCC(C)NCC(C)N1CCN(c2ncccn2)CC1. The summed E-state index contributed by atoms with van der Waals surface area (Å²) in [6, 6.07) is 3.06. The predicted molar refractivity (Wildman–Crippen MR) is 83.0 cm³/mol. The fraction of sp³-hybridized carbons (Fsp3) is 0.733. The summed E-state index contributed by atoms with van der Waals surface area (Å²) in [6.07, 6.45) is 4.81. The number of anilines is 1. The number of hydrogen-bond donors (Lipinski definition) is 1. The van der Waals surface area contributed by atoms with Crippen molar-refractivity contribution in [3.63, 3.8) is 0 Å². The molecule has 1 aromatic heterocycles. The molecule has 2 unspecified atom stereocenters. The Morgan fingerprint density at radius 3 is 2.40 bits per heavy atom. The van der Waals surface area contributed by atoms with E-state index >= 15 is 0 Å². The third-order valence-corrected chi connectivity index (χ3v) is 4.15. The number of hydrogen-bond acceptors (Lipinski definition) is 5. The van der Waals surface area contributed by atoms with Crippen molar-refractivity contribution in [3.05, 3.63) is 18.5 Å². The molecule has 1 fully saturated rings. The highest BCUT2D eigenvalue weighted by atomic mass is 15.3. The van der Waals surface area contributed by atoms with Crippen LogP contribution in [0, 0.1) is 0 Å². The maximum absolute atomic E-state index is 4.33. The van der Waals surface area contributed by atoms with Crippen LogP contribution in [0.2, 0.25) is 0 Å². The lowest BCUT2D eigenvalue weighted by Crippen LogP contribution is -2.52. The highest BCUT2D eigenvalue weighted by Crippen LogP contribution is 2.11. The first-order valence-electron chi connectivity index (χ1n) is 7.70. The first-order chi connectivity index (χ1) is 9.70. The van der Waals surface area contributed by atoms with Gasteiger partial charge in [-0.15, -0.1) is 0 Å². The van der Waals surface area contributed by atoms with Crippen molar-refractivity contribution in [1.29, 1.82) is 0 Å². The lowest BCUT2D eigenvalue weighted by molar-refractivity contribution is 0.189. The average molecular weight is 277 g/mol. The number of piperazine rings is 1. The van der Waals surface area contributed by atoms with E-state index in [0.717, 1.165) is 38.7 Å². The Balaban J connectivity index is 1.76. The molecule has 0 bridgehead atoms. The zero-order valence-corrected chi connectivity index (χ0v) is 12.9. The third kappa shape index (κ3) is 4.15. The molecular weight excluding hydrogens is 250 g/mol. The van der Waals surface area contributed by atoms with Crippen molar-refractivity contribution in [2.45, 2.75) is 39.3 Å². The molecule has 2 rings (SSSR count). The van der Waals surface area contributed by atoms with Gasteiger partial charge in [0.25, 0.3) is 0 Å². The summed E-state index contributed by atoms with van der Waals surface area (Å²) in [4.78, 5) is 13.5. The first-order valence-corrected chi connectivity index (χ1v) is 7.70. The first kappa shape index (κ1) is 15.2. The Morgan fingerprint density at radius 1 is 1.15 bits per heavy atom. The molecule has 1 aliphatic rings. The van der Waals surface area contributed by atoms with Gasteiger partial charge < -0.3 is 10.2 Å². The fourth-order valence-corrected chi connectivity index (χ4v) is 2.46. The smallest absolute Gasteiger partial charge is 0.225 e. The van der Waals surface area contributed by atoms with Crippen molar-refractivity contribution in [1.82, 2.24) is 20.2 Å². The monoisotopic (exact) mass is 277 g/mol. The second-order valence-electron chi connectivity index (χ2n) is 5.64. The minimum atomic E-state index is 0.586. The second-order valence-corrected chi connectivity index (χ2v) is 5.64. The zero-order valence-electron chi connectivity index (χ0n) is 12.9. The van der Waals surface area contributed by atoms with Gasteiger partial charge in [0.2, 0.25) is 5.95 Å². The Labute approximate surface area is 122 Å². The summed E-state index contributed by atoms with van der Waals surface area (Å²) in [7, 11) is 0. The van der Waals surface area contributed by atoms with Gasteiger partial charge in [-0.05, 0) is 26.3 Å². The van der Waals surface area contributed by atoms with Crippen molar-refractivity contribution in [3.8, 4) is 0 Å². The van der Waals surface area contributed by atoms with E-state index in [9.17, 15) is 0 Å². The molecule has 2 heterocycles. The summed E-state index contributed by atoms with van der Waals surface area (Å²) in [6.45, 7) is 12.0. The van der Waals surface area contributed by atoms with Gasteiger partial charge in [-0.1, -0.05) is 6.92 Å². The molecule has 5 heteroatoms. The standard InChI is InChI=1S/C15H27N5/c1-4-13(2)18-12-14(3)19-8-10-20(11-9-19)15-16-6-5-7-17-15/h5-7,13-14,18H,4,8-12H2,1-3H3. The van der Waals surface area contributed by atoms with E-state index in [0.29, 0.717) is 12.1 Å². The maximum atomic E-state index is 4.33. The topological polar surface area (TPSA) is 44.3 Å². The number of rotatable bonds is 6. The molecule has 20 heavy (non-hydrogen) atoms. The van der Waals surface area contributed by atoms with Gasteiger partial charge in [0.05, 0.1) is 0 Å². The van der Waals surface area contributed by atoms with E-state index in [4.69, 9.17) is 0 Å². The van der Waals surface area contributed by atoms with Crippen molar-refractivity contribution in [2.24, 2.45) is 0 Å². The van der Waals surface area contributed by atoms with Crippen molar-refractivity contribution >= 4 is 5.95 Å². The summed E-state index contributed by atoms with van der Waals surface area (Å²) in [5.74, 6) is 0.859. The largest absolute Gasteiger partial charge is 0.338 e. The minimum Gasteiger partial charge on any atom is -0.338 e. The van der Waals surface area contributed by atoms with Crippen LogP contribution in [-0.4, -0.2) is 59.7 Å². The fourth-order valence-electron chi connectivity index (χ4n) is 2.46. The molecule has 1 aromatic rings. The van der Waals surface area contributed by atoms with E-state index in [1.54, 1.807) is 0 Å². The molecule has 112 valence electrons. The van der Waals surface area contributed by atoms with Crippen LogP contribution in [0.25, 0.3) is 0 Å². The second kappa shape index (κ2) is 7.55.